The SMILES string of the molecule is CCc1ccc(OCC(=O)/N=c2/[nH]nc(-c3ccco3)s2)cc1. The number of aromatic nitrogens is 2. The van der Waals surface area contributed by atoms with E-state index >= 15 is 0 Å². The lowest BCUT2D eigenvalue weighted by Gasteiger charge is -2.03. The Morgan fingerprint density at radius 2 is 2.17 bits per heavy atom. The van der Waals surface area contributed by atoms with Crippen LogP contribution in [-0.2, 0) is 11.2 Å². The van der Waals surface area contributed by atoms with E-state index in [0.29, 0.717) is 21.3 Å². The van der Waals surface area contributed by atoms with Gasteiger partial charge in [-0.3, -0.25) is 9.89 Å². The molecule has 2 aromatic heterocycles. The molecular formula is C16H15N3O3S. The zero-order valence-electron chi connectivity index (χ0n) is 12.5. The van der Waals surface area contributed by atoms with Gasteiger partial charge in [-0.05, 0) is 36.2 Å². The number of nitrogens with one attached hydrogen (secondary N) is 1. The summed E-state index contributed by atoms with van der Waals surface area (Å²) < 4.78 is 10.7. The molecule has 118 valence electrons. The third kappa shape index (κ3) is 3.95. The predicted octanol–water partition coefficient (Wildman–Crippen LogP) is 2.80. The van der Waals surface area contributed by atoms with Crippen LogP contribution in [0.5, 0.6) is 5.75 Å². The van der Waals surface area contributed by atoms with E-state index in [2.05, 4.69) is 22.1 Å². The molecule has 0 unspecified atom stereocenters. The van der Waals surface area contributed by atoms with Crippen LogP contribution in [0, 0.1) is 0 Å². The lowest BCUT2D eigenvalue weighted by molar-refractivity contribution is -0.120. The van der Waals surface area contributed by atoms with E-state index in [9.17, 15) is 4.79 Å². The number of carbonyl (C=O) groups excluding carboxylic acids is 1. The van der Waals surface area contributed by atoms with Gasteiger partial charge < -0.3 is 9.15 Å². The molecule has 0 saturated heterocycles. The molecule has 0 bridgehead atoms. The summed E-state index contributed by atoms with van der Waals surface area (Å²) in [6, 6.07) is 11.2. The number of amides is 1. The number of nitrogens with zero attached hydrogens (tertiary/aromatic N) is 2. The fraction of sp³-hybridized carbons (Fsp3) is 0.188. The summed E-state index contributed by atoms with van der Waals surface area (Å²) in [4.78, 5) is 16.2. The Morgan fingerprint density at radius 1 is 1.35 bits per heavy atom. The van der Waals surface area contributed by atoms with Gasteiger partial charge >= 0.3 is 0 Å². The summed E-state index contributed by atoms with van der Waals surface area (Å²) in [5.74, 6) is 0.901. The minimum atomic E-state index is -0.379. The summed E-state index contributed by atoms with van der Waals surface area (Å²) in [6.45, 7) is 1.97. The third-order valence-corrected chi connectivity index (χ3v) is 3.96. The van der Waals surface area contributed by atoms with Crippen LogP contribution in [0.2, 0.25) is 0 Å². The van der Waals surface area contributed by atoms with Crippen LogP contribution in [0.1, 0.15) is 12.5 Å². The van der Waals surface area contributed by atoms with Gasteiger partial charge in [0.2, 0.25) is 4.80 Å². The number of aryl methyl sites for hydroxylation is 1. The molecule has 3 aromatic rings. The van der Waals surface area contributed by atoms with Gasteiger partial charge in [0.1, 0.15) is 5.75 Å². The van der Waals surface area contributed by atoms with Crippen molar-refractivity contribution in [3.8, 4) is 16.5 Å². The zero-order valence-corrected chi connectivity index (χ0v) is 13.3. The normalized spacial score (nSPS) is 11.6. The predicted molar refractivity (Wildman–Crippen MR) is 86.1 cm³/mol. The molecule has 6 nitrogen and oxygen atoms in total. The molecule has 0 aliphatic rings. The Morgan fingerprint density at radius 3 is 2.87 bits per heavy atom. The molecule has 0 atom stereocenters. The second-order valence-electron chi connectivity index (χ2n) is 4.70. The lowest BCUT2D eigenvalue weighted by Crippen LogP contribution is -2.13. The van der Waals surface area contributed by atoms with E-state index in [1.54, 1.807) is 18.4 Å². The average Bonchev–Trinajstić information content (AvgIpc) is 3.24. The van der Waals surface area contributed by atoms with Crippen molar-refractivity contribution in [2.24, 2.45) is 4.99 Å². The van der Waals surface area contributed by atoms with Crippen LogP contribution >= 0.6 is 11.3 Å². The van der Waals surface area contributed by atoms with Crippen molar-refractivity contribution in [2.45, 2.75) is 13.3 Å². The van der Waals surface area contributed by atoms with Crippen LogP contribution in [0.4, 0.5) is 0 Å². The largest absolute Gasteiger partial charge is 0.484 e. The number of ether oxygens (including phenoxy) is 1. The first-order valence-electron chi connectivity index (χ1n) is 7.13. The summed E-state index contributed by atoms with van der Waals surface area (Å²) in [5, 5.41) is 7.40. The maximum absolute atomic E-state index is 11.8. The Bertz CT molecular complexity index is 832. The van der Waals surface area contributed by atoms with Gasteiger partial charge in [-0.2, -0.15) is 10.1 Å². The molecule has 23 heavy (non-hydrogen) atoms. The Hall–Kier alpha value is -2.67. The molecular weight excluding hydrogens is 314 g/mol. The van der Waals surface area contributed by atoms with Crippen LogP contribution < -0.4 is 9.54 Å². The van der Waals surface area contributed by atoms with Crippen LogP contribution in [0.15, 0.2) is 52.1 Å². The molecule has 3 rings (SSSR count). The van der Waals surface area contributed by atoms with Crippen LogP contribution in [0.3, 0.4) is 0 Å². The summed E-state index contributed by atoms with van der Waals surface area (Å²) in [6.07, 6.45) is 2.53. The van der Waals surface area contributed by atoms with Crippen molar-refractivity contribution in [1.82, 2.24) is 10.2 Å². The highest BCUT2D eigenvalue weighted by atomic mass is 32.1. The monoisotopic (exact) mass is 329 g/mol. The molecule has 1 aromatic carbocycles. The highest BCUT2D eigenvalue weighted by molar-refractivity contribution is 7.12. The first-order valence-corrected chi connectivity index (χ1v) is 7.95. The van der Waals surface area contributed by atoms with Gasteiger partial charge in [0.15, 0.2) is 17.4 Å². The summed E-state index contributed by atoms with van der Waals surface area (Å²) in [5.41, 5.74) is 1.22. The smallest absolute Gasteiger partial charge is 0.286 e. The van der Waals surface area contributed by atoms with E-state index in [4.69, 9.17) is 9.15 Å². The first kappa shape index (κ1) is 15.2. The van der Waals surface area contributed by atoms with Crippen molar-refractivity contribution in [3.63, 3.8) is 0 Å². The number of benzene rings is 1. The maximum atomic E-state index is 11.8. The molecule has 1 amide bonds. The number of furan rings is 1. The van der Waals surface area contributed by atoms with Gasteiger partial charge in [0.05, 0.1) is 6.26 Å². The number of rotatable bonds is 5. The van der Waals surface area contributed by atoms with E-state index in [0.717, 1.165) is 6.42 Å². The minimum absolute atomic E-state index is 0.118. The topological polar surface area (TPSA) is 80.5 Å². The van der Waals surface area contributed by atoms with Crippen molar-refractivity contribution < 1.29 is 13.9 Å². The fourth-order valence-electron chi connectivity index (χ4n) is 1.90. The molecule has 0 aliphatic heterocycles. The van der Waals surface area contributed by atoms with Crippen LogP contribution in [-0.4, -0.2) is 22.7 Å². The summed E-state index contributed by atoms with van der Waals surface area (Å²) >= 11 is 1.24. The zero-order chi connectivity index (χ0) is 16.1. The van der Waals surface area contributed by atoms with Crippen molar-refractivity contribution in [2.75, 3.05) is 6.61 Å². The molecule has 7 heteroatoms. The van der Waals surface area contributed by atoms with E-state index < -0.39 is 0 Å². The van der Waals surface area contributed by atoms with Gasteiger partial charge in [0, 0.05) is 0 Å². The maximum Gasteiger partial charge on any atom is 0.286 e. The molecule has 0 saturated carbocycles. The Kier molecular flexibility index (Phi) is 4.68. The molecule has 2 heterocycles. The molecule has 0 radical (unpaired) electrons. The molecule has 1 N–H and O–H groups in total. The van der Waals surface area contributed by atoms with Gasteiger partial charge in [-0.1, -0.05) is 30.4 Å². The van der Waals surface area contributed by atoms with E-state index in [1.807, 2.05) is 24.3 Å². The molecule has 0 fully saturated rings. The Balaban J connectivity index is 1.62. The highest BCUT2D eigenvalue weighted by Crippen LogP contribution is 2.18. The van der Waals surface area contributed by atoms with Crippen molar-refractivity contribution >= 4 is 17.2 Å². The summed E-state index contributed by atoms with van der Waals surface area (Å²) in [7, 11) is 0. The van der Waals surface area contributed by atoms with Gasteiger partial charge in [-0.25, -0.2) is 0 Å². The minimum Gasteiger partial charge on any atom is -0.484 e. The fourth-order valence-corrected chi connectivity index (χ4v) is 2.63. The number of H-pyrrole nitrogens is 1. The number of carbonyl (C=O) groups is 1. The lowest BCUT2D eigenvalue weighted by atomic mass is 10.2. The van der Waals surface area contributed by atoms with E-state index in [1.165, 1.54) is 16.9 Å². The Labute approximate surface area is 136 Å². The quantitative estimate of drug-likeness (QED) is 0.780. The standard InChI is InChI=1S/C16H15N3O3S/c1-2-11-5-7-12(8-6-11)22-10-14(20)17-16-19-18-15(23-16)13-4-3-9-21-13/h3-9H,2,10H2,1H3,(H,17,19,20). The number of hydrogen-bond donors (Lipinski definition) is 1. The van der Waals surface area contributed by atoms with E-state index in [-0.39, 0.29) is 12.5 Å². The second-order valence-corrected chi connectivity index (χ2v) is 5.68. The first-order chi connectivity index (χ1) is 11.2. The molecule has 0 aliphatic carbocycles. The number of hydrogen-bond acceptors (Lipinski definition) is 5. The highest BCUT2D eigenvalue weighted by Gasteiger charge is 2.06. The van der Waals surface area contributed by atoms with Crippen molar-refractivity contribution in [3.05, 3.63) is 53.0 Å². The second kappa shape index (κ2) is 7.06. The molecule has 0 spiro atoms. The average molecular weight is 329 g/mol. The third-order valence-electron chi connectivity index (χ3n) is 3.10. The van der Waals surface area contributed by atoms with Gasteiger partial charge in [-0.15, -0.1) is 0 Å². The van der Waals surface area contributed by atoms with Crippen molar-refractivity contribution in [1.29, 1.82) is 0 Å². The van der Waals surface area contributed by atoms with Gasteiger partial charge in [0.25, 0.3) is 5.91 Å². The number of aromatic amines is 1. The van der Waals surface area contributed by atoms with Crippen LogP contribution in [0.25, 0.3) is 10.8 Å².